The molecule has 0 aliphatic heterocycles. The average Bonchev–Trinajstić information content (AvgIpc) is 3.06. The second kappa shape index (κ2) is 6.83. The molecule has 0 radical (unpaired) electrons. The van der Waals surface area contributed by atoms with Gasteiger partial charge in [-0.2, -0.15) is 0 Å². The molecule has 0 aliphatic carbocycles. The summed E-state index contributed by atoms with van der Waals surface area (Å²) in [6.45, 7) is 8.57. The van der Waals surface area contributed by atoms with Crippen LogP contribution >= 0.6 is 0 Å². The summed E-state index contributed by atoms with van der Waals surface area (Å²) >= 11 is 0. The van der Waals surface area contributed by atoms with Crippen LogP contribution < -0.4 is 4.90 Å². The number of hydrogen-bond donors (Lipinski definition) is 0. The summed E-state index contributed by atoms with van der Waals surface area (Å²) in [5.74, 6) is 1.20. The van der Waals surface area contributed by atoms with E-state index >= 15 is 0 Å². The van der Waals surface area contributed by atoms with E-state index in [0.29, 0.717) is 0 Å². The van der Waals surface area contributed by atoms with E-state index in [1.54, 1.807) is 0 Å². The molecule has 0 amide bonds. The van der Waals surface area contributed by atoms with Gasteiger partial charge < -0.3 is 4.90 Å². The van der Waals surface area contributed by atoms with Gasteiger partial charge in [0.1, 0.15) is 17.2 Å². The summed E-state index contributed by atoms with van der Waals surface area (Å²) < 4.78 is 2.26. The zero-order chi connectivity index (χ0) is 18.1. The summed E-state index contributed by atoms with van der Waals surface area (Å²) in [6.07, 6.45) is 3.28. The number of fused-ring (bicyclic) bond motifs is 3. The second-order valence-corrected chi connectivity index (χ2v) is 6.83. The van der Waals surface area contributed by atoms with Gasteiger partial charge in [-0.05, 0) is 37.8 Å². The van der Waals surface area contributed by atoms with Gasteiger partial charge in [-0.1, -0.05) is 55.0 Å². The maximum atomic E-state index is 5.12. The van der Waals surface area contributed by atoms with Crippen molar-refractivity contribution in [1.29, 1.82) is 0 Å². The van der Waals surface area contributed by atoms with Gasteiger partial charge in [0.05, 0.1) is 0 Å². The number of anilines is 1. The maximum Gasteiger partial charge on any atom is 0.147 e. The van der Waals surface area contributed by atoms with Gasteiger partial charge in [-0.15, -0.1) is 0 Å². The third-order valence-corrected chi connectivity index (χ3v) is 4.96. The van der Waals surface area contributed by atoms with Crippen molar-refractivity contribution >= 4 is 22.2 Å². The van der Waals surface area contributed by atoms with Gasteiger partial charge in [-0.3, -0.25) is 4.40 Å². The monoisotopic (exact) mass is 343 g/mol. The molecule has 26 heavy (non-hydrogen) atoms. The summed E-state index contributed by atoms with van der Waals surface area (Å²) in [4.78, 5) is 7.56. The number of nitrogens with zero attached hydrogens (tertiary/aromatic N) is 3. The van der Waals surface area contributed by atoms with Crippen molar-refractivity contribution in [1.82, 2.24) is 9.38 Å². The lowest BCUT2D eigenvalue weighted by Crippen LogP contribution is -2.25. The first-order valence-electron chi connectivity index (χ1n) is 9.44. The lowest BCUT2D eigenvalue weighted by molar-refractivity contribution is 0.775. The van der Waals surface area contributed by atoms with Crippen molar-refractivity contribution in [2.24, 2.45) is 0 Å². The number of aryl methyl sites for hydroxylation is 1. The predicted molar refractivity (Wildman–Crippen MR) is 111 cm³/mol. The zero-order valence-electron chi connectivity index (χ0n) is 15.7. The highest BCUT2D eigenvalue weighted by atomic mass is 15.2. The van der Waals surface area contributed by atoms with Crippen LogP contribution in [0.4, 0.5) is 5.82 Å². The van der Waals surface area contributed by atoms with Gasteiger partial charge in [0.15, 0.2) is 0 Å². The van der Waals surface area contributed by atoms with Crippen molar-refractivity contribution in [2.75, 3.05) is 18.0 Å². The van der Waals surface area contributed by atoms with E-state index in [1.807, 2.05) is 0 Å². The van der Waals surface area contributed by atoms with E-state index in [4.69, 9.17) is 4.98 Å². The highest BCUT2D eigenvalue weighted by Gasteiger charge is 2.20. The van der Waals surface area contributed by atoms with E-state index in [0.717, 1.165) is 30.9 Å². The average molecular weight is 343 g/mol. The summed E-state index contributed by atoms with van der Waals surface area (Å²) in [5.41, 5.74) is 4.54. The first-order valence-corrected chi connectivity index (χ1v) is 9.44. The largest absolute Gasteiger partial charge is 0.356 e. The minimum atomic E-state index is 0.966. The number of aromatic nitrogens is 2. The van der Waals surface area contributed by atoms with E-state index in [2.05, 4.69) is 90.9 Å². The Hall–Kier alpha value is -2.81. The molecule has 0 aliphatic rings. The molecule has 0 saturated heterocycles. The molecule has 0 fully saturated rings. The fourth-order valence-electron chi connectivity index (χ4n) is 3.73. The normalized spacial score (nSPS) is 11.3. The van der Waals surface area contributed by atoms with Crippen LogP contribution in [0.15, 0.2) is 60.8 Å². The SMILES string of the molecule is CCCN(CC)c1c(-c2cccc(C)c2)nc2c3ccccc3ccn12. The molecule has 4 aromatic rings. The molecule has 3 nitrogen and oxygen atoms in total. The van der Waals surface area contributed by atoms with E-state index in [9.17, 15) is 0 Å². The molecule has 132 valence electrons. The van der Waals surface area contributed by atoms with Gasteiger partial charge >= 0.3 is 0 Å². The Morgan fingerprint density at radius 2 is 1.85 bits per heavy atom. The van der Waals surface area contributed by atoms with Crippen molar-refractivity contribution < 1.29 is 0 Å². The first kappa shape index (κ1) is 16.6. The molecule has 3 heteroatoms. The molecule has 0 spiro atoms. The van der Waals surface area contributed by atoms with E-state index in [-0.39, 0.29) is 0 Å². The van der Waals surface area contributed by atoms with Crippen LogP contribution in [0.5, 0.6) is 0 Å². The Balaban J connectivity index is 2.06. The molecular formula is C23H25N3. The molecule has 0 bridgehead atoms. The van der Waals surface area contributed by atoms with Crippen molar-refractivity contribution in [2.45, 2.75) is 27.2 Å². The molecule has 0 atom stereocenters. The molecular weight excluding hydrogens is 318 g/mol. The topological polar surface area (TPSA) is 20.5 Å². The molecule has 2 aromatic carbocycles. The first-order chi connectivity index (χ1) is 12.7. The number of benzene rings is 2. The fraction of sp³-hybridized carbons (Fsp3) is 0.261. The molecule has 2 heterocycles. The second-order valence-electron chi connectivity index (χ2n) is 6.83. The Morgan fingerprint density at radius 3 is 2.62 bits per heavy atom. The summed E-state index contributed by atoms with van der Waals surface area (Å²) in [7, 11) is 0. The van der Waals surface area contributed by atoms with Crippen molar-refractivity contribution in [3.8, 4) is 11.3 Å². The van der Waals surface area contributed by atoms with Crippen LogP contribution in [0.1, 0.15) is 25.8 Å². The Morgan fingerprint density at radius 1 is 1.00 bits per heavy atom. The third kappa shape index (κ3) is 2.74. The predicted octanol–water partition coefficient (Wildman–Crippen LogP) is 5.70. The lowest BCUT2D eigenvalue weighted by Gasteiger charge is -2.23. The number of hydrogen-bond acceptors (Lipinski definition) is 2. The van der Waals surface area contributed by atoms with Gasteiger partial charge in [0, 0.05) is 30.2 Å². The minimum Gasteiger partial charge on any atom is -0.356 e. The van der Waals surface area contributed by atoms with E-state index < -0.39 is 0 Å². The smallest absolute Gasteiger partial charge is 0.147 e. The number of pyridine rings is 1. The molecule has 0 unspecified atom stereocenters. The molecule has 4 rings (SSSR count). The van der Waals surface area contributed by atoms with Crippen molar-refractivity contribution in [3.05, 3.63) is 66.4 Å². The van der Waals surface area contributed by atoms with Crippen LogP contribution in [-0.2, 0) is 0 Å². The summed E-state index contributed by atoms with van der Waals surface area (Å²) in [6, 6.07) is 19.3. The Kier molecular flexibility index (Phi) is 4.37. The Labute approximate surface area is 154 Å². The number of imidazole rings is 1. The fourth-order valence-corrected chi connectivity index (χ4v) is 3.73. The quantitative estimate of drug-likeness (QED) is 0.463. The lowest BCUT2D eigenvalue weighted by atomic mass is 10.1. The highest BCUT2D eigenvalue weighted by Crippen LogP contribution is 2.34. The zero-order valence-corrected chi connectivity index (χ0v) is 15.7. The van der Waals surface area contributed by atoms with Crippen molar-refractivity contribution in [3.63, 3.8) is 0 Å². The molecule has 0 saturated carbocycles. The summed E-state index contributed by atoms with van der Waals surface area (Å²) in [5, 5.41) is 2.42. The van der Waals surface area contributed by atoms with Gasteiger partial charge in [0.2, 0.25) is 0 Å². The Bertz CT molecular complexity index is 1060. The van der Waals surface area contributed by atoms with Crippen LogP contribution in [0, 0.1) is 6.92 Å². The van der Waals surface area contributed by atoms with Gasteiger partial charge in [-0.25, -0.2) is 4.98 Å². The minimum absolute atomic E-state index is 0.966. The third-order valence-electron chi connectivity index (χ3n) is 4.96. The van der Waals surface area contributed by atoms with Crippen LogP contribution in [-0.4, -0.2) is 22.5 Å². The number of rotatable bonds is 5. The van der Waals surface area contributed by atoms with E-state index in [1.165, 1.54) is 27.7 Å². The van der Waals surface area contributed by atoms with Gasteiger partial charge in [0.25, 0.3) is 0 Å². The van der Waals surface area contributed by atoms with Crippen LogP contribution in [0.2, 0.25) is 0 Å². The maximum absolute atomic E-state index is 5.12. The van der Waals surface area contributed by atoms with Crippen LogP contribution in [0.3, 0.4) is 0 Å². The highest BCUT2D eigenvalue weighted by molar-refractivity contribution is 5.96. The van der Waals surface area contributed by atoms with Crippen LogP contribution in [0.25, 0.3) is 27.7 Å². The molecule has 2 aromatic heterocycles. The molecule has 0 N–H and O–H groups in total. The standard InChI is InChI=1S/C23H25N3/c1-4-14-25(5-2)23-21(19-11-8-9-17(3)16-19)24-22-20-12-7-6-10-18(20)13-15-26(22)23/h6-13,15-16H,4-5,14H2,1-3H3.